The highest BCUT2D eigenvalue weighted by Crippen LogP contribution is 2.25. The van der Waals surface area contributed by atoms with Crippen molar-refractivity contribution in [3.8, 4) is 0 Å². The van der Waals surface area contributed by atoms with Crippen molar-refractivity contribution < 1.29 is 9.52 Å². The predicted octanol–water partition coefficient (Wildman–Crippen LogP) is 2.37. The number of nitrogens with one attached hydrogen (secondary N) is 1. The lowest BCUT2D eigenvalue weighted by Gasteiger charge is -2.25. The number of fused-ring (bicyclic) bond motifs is 1. The predicted molar refractivity (Wildman–Crippen MR) is 74.9 cm³/mol. The minimum atomic E-state index is -0.108. The number of hydrogen-bond donors (Lipinski definition) is 3. The molecule has 2 aromatic rings. The molecule has 102 valence electrons. The second-order valence-corrected chi connectivity index (χ2v) is 5.30. The van der Waals surface area contributed by atoms with Crippen molar-refractivity contribution in [3.05, 3.63) is 18.2 Å². The summed E-state index contributed by atoms with van der Waals surface area (Å²) in [6, 6.07) is 6.00. The molecule has 1 aliphatic rings. The van der Waals surface area contributed by atoms with Gasteiger partial charge in [-0.25, -0.2) is 0 Å². The second kappa shape index (κ2) is 5.09. The molecule has 5 nitrogen and oxygen atoms in total. The van der Waals surface area contributed by atoms with Crippen LogP contribution in [-0.2, 0) is 0 Å². The minimum absolute atomic E-state index is 0.108. The van der Waals surface area contributed by atoms with Crippen molar-refractivity contribution in [1.29, 1.82) is 0 Å². The second-order valence-electron chi connectivity index (χ2n) is 5.30. The highest BCUT2D eigenvalue weighted by molar-refractivity contribution is 5.78. The highest BCUT2D eigenvalue weighted by atomic mass is 16.4. The SMILES string of the molecule is Nc1ccc2nc(NCC3CCC(O)CC3)oc2c1. The molecule has 1 fully saturated rings. The molecule has 5 heteroatoms. The molecule has 1 aromatic heterocycles. The van der Waals surface area contributed by atoms with E-state index in [0.29, 0.717) is 23.2 Å². The first-order valence-corrected chi connectivity index (χ1v) is 6.79. The molecule has 0 saturated heterocycles. The van der Waals surface area contributed by atoms with E-state index in [1.54, 1.807) is 6.07 Å². The van der Waals surface area contributed by atoms with Crippen LogP contribution in [0.1, 0.15) is 25.7 Å². The number of hydrogen-bond acceptors (Lipinski definition) is 5. The summed E-state index contributed by atoms with van der Waals surface area (Å²) in [6.07, 6.45) is 3.80. The van der Waals surface area contributed by atoms with E-state index in [4.69, 9.17) is 10.2 Å². The number of oxazole rings is 1. The Morgan fingerprint density at radius 2 is 2.11 bits per heavy atom. The van der Waals surface area contributed by atoms with Gasteiger partial charge in [-0.05, 0) is 43.7 Å². The Kier molecular flexibility index (Phi) is 3.29. The maximum atomic E-state index is 9.47. The topological polar surface area (TPSA) is 84.3 Å². The number of benzene rings is 1. The van der Waals surface area contributed by atoms with Gasteiger partial charge in [0.05, 0.1) is 6.10 Å². The van der Waals surface area contributed by atoms with Gasteiger partial charge >= 0.3 is 0 Å². The lowest BCUT2D eigenvalue weighted by atomic mass is 9.87. The number of rotatable bonds is 3. The summed E-state index contributed by atoms with van der Waals surface area (Å²) in [6.45, 7) is 0.842. The molecule has 0 spiro atoms. The van der Waals surface area contributed by atoms with Gasteiger partial charge in [-0.1, -0.05) is 0 Å². The maximum Gasteiger partial charge on any atom is 0.295 e. The van der Waals surface area contributed by atoms with E-state index in [-0.39, 0.29) is 6.10 Å². The summed E-state index contributed by atoms with van der Waals surface area (Å²) in [7, 11) is 0. The molecule has 0 atom stereocenters. The van der Waals surface area contributed by atoms with Crippen LogP contribution in [0.3, 0.4) is 0 Å². The molecule has 0 unspecified atom stereocenters. The van der Waals surface area contributed by atoms with Crippen LogP contribution in [0.2, 0.25) is 0 Å². The number of aromatic nitrogens is 1. The molecule has 1 aliphatic carbocycles. The quantitative estimate of drug-likeness (QED) is 0.739. The summed E-state index contributed by atoms with van der Waals surface area (Å²) >= 11 is 0. The van der Waals surface area contributed by atoms with Crippen LogP contribution in [0.5, 0.6) is 0 Å². The monoisotopic (exact) mass is 261 g/mol. The zero-order chi connectivity index (χ0) is 13.2. The van der Waals surface area contributed by atoms with E-state index in [1.807, 2.05) is 12.1 Å². The van der Waals surface area contributed by atoms with Crippen LogP contribution in [0, 0.1) is 5.92 Å². The summed E-state index contributed by atoms with van der Waals surface area (Å²) in [4.78, 5) is 4.37. The Hall–Kier alpha value is -1.75. The molecule has 1 heterocycles. The molecule has 0 amide bonds. The fourth-order valence-corrected chi connectivity index (χ4v) is 2.60. The van der Waals surface area contributed by atoms with E-state index < -0.39 is 0 Å². The van der Waals surface area contributed by atoms with E-state index >= 15 is 0 Å². The van der Waals surface area contributed by atoms with Crippen LogP contribution in [-0.4, -0.2) is 22.7 Å². The van der Waals surface area contributed by atoms with E-state index in [2.05, 4.69) is 10.3 Å². The maximum absolute atomic E-state index is 9.47. The van der Waals surface area contributed by atoms with Gasteiger partial charge in [-0.3, -0.25) is 0 Å². The van der Waals surface area contributed by atoms with Crippen molar-refractivity contribution >= 4 is 22.8 Å². The number of nitrogen functional groups attached to an aromatic ring is 1. The van der Waals surface area contributed by atoms with Gasteiger partial charge in [-0.2, -0.15) is 4.98 Å². The third-order valence-corrected chi connectivity index (χ3v) is 3.77. The van der Waals surface area contributed by atoms with E-state index in [9.17, 15) is 5.11 Å². The molecular weight excluding hydrogens is 242 g/mol. The van der Waals surface area contributed by atoms with E-state index in [1.165, 1.54) is 0 Å². The van der Waals surface area contributed by atoms with Crippen LogP contribution in [0.25, 0.3) is 11.1 Å². The minimum Gasteiger partial charge on any atom is -0.423 e. The molecule has 0 aliphatic heterocycles. The fraction of sp³-hybridized carbons (Fsp3) is 0.500. The third-order valence-electron chi connectivity index (χ3n) is 3.77. The molecule has 3 rings (SSSR count). The molecule has 4 N–H and O–H groups in total. The number of nitrogens with zero attached hydrogens (tertiary/aromatic N) is 1. The van der Waals surface area contributed by atoms with Gasteiger partial charge in [0.1, 0.15) is 5.52 Å². The van der Waals surface area contributed by atoms with Crippen molar-refractivity contribution in [1.82, 2.24) is 4.98 Å². The van der Waals surface area contributed by atoms with Gasteiger partial charge in [0.25, 0.3) is 6.01 Å². The number of anilines is 2. The zero-order valence-corrected chi connectivity index (χ0v) is 10.8. The van der Waals surface area contributed by atoms with Crippen LogP contribution < -0.4 is 11.1 Å². The summed E-state index contributed by atoms with van der Waals surface area (Å²) in [5, 5.41) is 12.7. The highest BCUT2D eigenvalue weighted by Gasteiger charge is 2.19. The molecular formula is C14H19N3O2. The first-order valence-electron chi connectivity index (χ1n) is 6.79. The van der Waals surface area contributed by atoms with E-state index in [0.717, 1.165) is 37.7 Å². The summed E-state index contributed by atoms with van der Waals surface area (Å²) in [5.74, 6) is 0.587. The van der Waals surface area contributed by atoms with Crippen LogP contribution >= 0.6 is 0 Å². The third kappa shape index (κ3) is 2.81. The van der Waals surface area contributed by atoms with Gasteiger partial charge in [-0.15, -0.1) is 0 Å². The molecule has 1 aromatic carbocycles. The lowest BCUT2D eigenvalue weighted by Crippen LogP contribution is -2.23. The lowest BCUT2D eigenvalue weighted by molar-refractivity contribution is 0.111. The zero-order valence-electron chi connectivity index (χ0n) is 10.8. The molecule has 19 heavy (non-hydrogen) atoms. The van der Waals surface area contributed by atoms with Gasteiger partial charge in [0.2, 0.25) is 0 Å². The van der Waals surface area contributed by atoms with Crippen LogP contribution in [0.15, 0.2) is 22.6 Å². The Bertz CT molecular complexity index is 559. The first-order chi connectivity index (χ1) is 9.20. The first kappa shape index (κ1) is 12.3. The average molecular weight is 261 g/mol. The standard InChI is InChI=1S/C14H19N3O2/c15-10-3-6-12-13(7-10)19-14(17-12)16-8-9-1-4-11(18)5-2-9/h3,6-7,9,11,18H,1-2,4-5,8,15H2,(H,16,17). The number of aliphatic hydroxyl groups is 1. The Morgan fingerprint density at radius 3 is 2.89 bits per heavy atom. The summed E-state index contributed by atoms with van der Waals surface area (Å²) in [5.41, 5.74) is 7.91. The number of nitrogens with two attached hydrogens (primary N) is 1. The van der Waals surface area contributed by atoms with Gasteiger partial charge < -0.3 is 20.6 Å². The molecule has 0 radical (unpaired) electrons. The Morgan fingerprint density at radius 1 is 1.32 bits per heavy atom. The largest absolute Gasteiger partial charge is 0.423 e. The van der Waals surface area contributed by atoms with Gasteiger partial charge in [0, 0.05) is 18.3 Å². The summed E-state index contributed by atoms with van der Waals surface area (Å²) < 4.78 is 5.61. The smallest absolute Gasteiger partial charge is 0.295 e. The van der Waals surface area contributed by atoms with Crippen molar-refractivity contribution in [2.75, 3.05) is 17.6 Å². The van der Waals surface area contributed by atoms with Crippen molar-refractivity contribution in [2.45, 2.75) is 31.8 Å². The average Bonchev–Trinajstić information content (AvgIpc) is 2.80. The Labute approximate surface area is 111 Å². The van der Waals surface area contributed by atoms with Gasteiger partial charge in [0.15, 0.2) is 5.58 Å². The normalized spacial score (nSPS) is 23.6. The Balaban J connectivity index is 1.62. The molecule has 0 bridgehead atoms. The molecule has 1 saturated carbocycles. The van der Waals surface area contributed by atoms with Crippen molar-refractivity contribution in [3.63, 3.8) is 0 Å². The number of aliphatic hydroxyl groups excluding tert-OH is 1. The fourth-order valence-electron chi connectivity index (χ4n) is 2.60. The van der Waals surface area contributed by atoms with Crippen LogP contribution in [0.4, 0.5) is 11.7 Å². The van der Waals surface area contributed by atoms with Crippen molar-refractivity contribution in [2.24, 2.45) is 5.92 Å².